The lowest BCUT2D eigenvalue weighted by molar-refractivity contribution is -0.140. The molecule has 0 unspecified atom stereocenters. The van der Waals surface area contributed by atoms with Crippen molar-refractivity contribution in [3.05, 3.63) is 45.9 Å². The first-order chi connectivity index (χ1) is 14.3. The van der Waals surface area contributed by atoms with Gasteiger partial charge in [0.15, 0.2) is 11.7 Å². The van der Waals surface area contributed by atoms with Crippen LogP contribution in [-0.2, 0) is 19.1 Å². The number of nitrogens with one attached hydrogen (secondary N) is 2. The number of guanidine groups is 1. The van der Waals surface area contributed by atoms with Crippen molar-refractivity contribution in [2.24, 2.45) is 10.9 Å². The Morgan fingerprint density at radius 1 is 1.20 bits per heavy atom. The highest BCUT2D eigenvalue weighted by Crippen LogP contribution is 2.30. The van der Waals surface area contributed by atoms with E-state index in [1.165, 1.54) is 18.5 Å². The van der Waals surface area contributed by atoms with Crippen LogP contribution in [-0.4, -0.2) is 37.6 Å². The minimum absolute atomic E-state index is 0.407. The van der Waals surface area contributed by atoms with E-state index >= 15 is 0 Å². The van der Waals surface area contributed by atoms with Crippen LogP contribution < -0.4 is 15.5 Å². The van der Waals surface area contributed by atoms with Crippen LogP contribution in [0.2, 0.25) is 0 Å². The van der Waals surface area contributed by atoms with Crippen LogP contribution in [0.5, 0.6) is 0 Å². The highest BCUT2D eigenvalue weighted by atomic mass is 32.1. The first kappa shape index (κ1) is 22.4. The number of hydrogen-bond acceptors (Lipinski definition) is 4. The molecule has 2 N–H and O–H groups in total. The molecule has 1 fully saturated rings. The molecule has 2 aromatic rings. The highest BCUT2D eigenvalue weighted by molar-refractivity contribution is 7.09. The van der Waals surface area contributed by atoms with Crippen molar-refractivity contribution in [2.75, 3.05) is 31.6 Å². The monoisotopic (exact) mass is 439 g/mol. The number of benzene rings is 1. The third-order valence-electron chi connectivity index (χ3n) is 5.24. The first-order valence-electron chi connectivity index (χ1n) is 10.1. The van der Waals surface area contributed by atoms with Crippen LogP contribution in [0.1, 0.15) is 36.0 Å². The molecular weight excluding hydrogens is 411 g/mol. The van der Waals surface area contributed by atoms with Gasteiger partial charge in [-0.15, -0.1) is 11.3 Å². The summed E-state index contributed by atoms with van der Waals surface area (Å²) in [6.45, 7) is 5.60. The highest BCUT2D eigenvalue weighted by Gasteiger charge is 2.33. The zero-order valence-electron chi connectivity index (χ0n) is 17.3. The van der Waals surface area contributed by atoms with Crippen molar-refractivity contribution in [1.29, 1.82) is 0 Å². The summed E-state index contributed by atoms with van der Waals surface area (Å²) in [6, 6.07) is 8.54. The number of anilines is 1. The molecule has 5 nitrogen and oxygen atoms in total. The average Bonchev–Trinajstić information content (AvgIpc) is 3.21. The second-order valence-corrected chi connectivity index (χ2v) is 8.51. The normalized spacial score (nSPS) is 16.0. The lowest BCUT2D eigenvalue weighted by Gasteiger charge is -2.32. The molecule has 0 aliphatic carbocycles. The second kappa shape index (κ2) is 10.1. The van der Waals surface area contributed by atoms with E-state index in [4.69, 9.17) is 0 Å². The van der Waals surface area contributed by atoms with Gasteiger partial charge in [-0.3, -0.25) is 4.99 Å². The Morgan fingerprint density at radius 3 is 2.50 bits per heavy atom. The Hall–Kier alpha value is -2.29. The summed E-state index contributed by atoms with van der Waals surface area (Å²) < 4.78 is 37.8. The molecule has 1 aliphatic heterocycles. The van der Waals surface area contributed by atoms with Gasteiger partial charge in [0.25, 0.3) is 0 Å². The van der Waals surface area contributed by atoms with Crippen LogP contribution in [0.15, 0.2) is 34.6 Å². The zero-order chi connectivity index (χ0) is 21.6. The molecule has 3 rings (SSSR count). The number of rotatable bonds is 6. The molecular formula is C21H28F3N5S. The number of aliphatic imine (C=N–C) groups is 1. The maximum absolute atomic E-state index is 12.6. The van der Waals surface area contributed by atoms with E-state index in [2.05, 4.69) is 56.7 Å². The number of halogens is 3. The number of alkyl halides is 3. The topological polar surface area (TPSA) is 52.6 Å². The maximum atomic E-state index is 12.6. The maximum Gasteiger partial charge on any atom is 0.434 e. The number of thiazole rings is 1. The number of hydrogen-bond donors (Lipinski definition) is 2. The minimum Gasteiger partial charge on any atom is -0.372 e. The van der Waals surface area contributed by atoms with Gasteiger partial charge in [-0.1, -0.05) is 19.1 Å². The summed E-state index contributed by atoms with van der Waals surface area (Å²) >= 11 is 1.02. The van der Waals surface area contributed by atoms with Crippen LogP contribution in [0.4, 0.5) is 18.9 Å². The fourth-order valence-corrected chi connectivity index (χ4v) is 4.15. The molecule has 2 heterocycles. The lowest BCUT2D eigenvalue weighted by atomic mass is 9.99. The molecule has 1 aromatic carbocycles. The molecule has 1 aliphatic rings. The standard InChI is InChI=1S/C21H28F3N5S/c1-15-8-11-29(12-9-15)17-5-3-16(4-6-17)13-27-20(25-2)26-10-7-19-28-18(14-30-19)21(22,23)24/h3-6,14-15H,7-13H2,1-2H3,(H2,25,26,27). The van der Waals surface area contributed by atoms with Crippen molar-refractivity contribution in [2.45, 2.75) is 38.9 Å². The van der Waals surface area contributed by atoms with Gasteiger partial charge in [0.05, 0.1) is 5.01 Å². The number of nitrogens with zero attached hydrogens (tertiary/aromatic N) is 3. The molecule has 0 amide bonds. The molecule has 0 saturated carbocycles. The number of aromatic nitrogens is 1. The van der Waals surface area contributed by atoms with Crippen molar-refractivity contribution in [1.82, 2.24) is 15.6 Å². The van der Waals surface area contributed by atoms with Gasteiger partial charge in [-0.05, 0) is 36.5 Å². The van der Waals surface area contributed by atoms with Gasteiger partial charge < -0.3 is 15.5 Å². The van der Waals surface area contributed by atoms with E-state index in [0.29, 0.717) is 30.5 Å². The smallest absolute Gasteiger partial charge is 0.372 e. The van der Waals surface area contributed by atoms with Crippen LogP contribution in [0, 0.1) is 5.92 Å². The molecule has 0 radical (unpaired) electrons. The van der Waals surface area contributed by atoms with Gasteiger partial charge in [0, 0.05) is 50.7 Å². The Labute approximate surface area is 179 Å². The van der Waals surface area contributed by atoms with Gasteiger partial charge in [-0.25, -0.2) is 4.98 Å². The molecule has 1 aromatic heterocycles. The van der Waals surface area contributed by atoms with Crippen molar-refractivity contribution < 1.29 is 13.2 Å². The van der Waals surface area contributed by atoms with Gasteiger partial charge >= 0.3 is 6.18 Å². The number of piperidine rings is 1. The SMILES string of the molecule is CN=C(NCCc1nc(C(F)(F)F)cs1)NCc1ccc(N2CCC(C)CC2)cc1. The van der Waals surface area contributed by atoms with Crippen LogP contribution in [0.3, 0.4) is 0 Å². The fraction of sp³-hybridized carbons (Fsp3) is 0.524. The van der Waals surface area contributed by atoms with E-state index in [1.54, 1.807) is 7.05 Å². The Kier molecular flexibility index (Phi) is 7.58. The molecule has 1 saturated heterocycles. The molecule has 0 atom stereocenters. The van der Waals surface area contributed by atoms with Crippen molar-refractivity contribution in [3.63, 3.8) is 0 Å². The minimum atomic E-state index is -4.39. The van der Waals surface area contributed by atoms with Gasteiger partial charge in [0.2, 0.25) is 0 Å². The molecule has 0 spiro atoms. The quantitative estimate of drug-likeness (QED) is 0.520. The summed E-state index contributed by atoms with van der Waals surface area (Å²) in [5, 5.41) is 7.86. The zero-order valence-corrected chi connectivity index (χ0v) is 18.1. The third-order valence-corrected chi connectivity index (χ3v) is 6.15. The molecule has 164 valence electrons. The average molecular weight is 440 g/mol. The van der Waals surface area contributed by atoms with Crippen LogP contribution >= 0.6 is 11.3 Å². The van der Waals surface area contributed by atoms with Crippen molar-refractivity contribution >= 4 is 23.0 Å². The predicted octanol–water partition coefficient (Wildman–Crippen LogP) is 4.31. The van der Waals surface area contributed by atoms with E-state index in [1.807, 2.05) is 0 Å². The predicted molar refractivity (Wildman–Crippen MR) is 116 cm³/mol. The fourth-order valence-electron chi connectivity index (χ4n) is 3.34. The Morgan fingerprint density at radius 2 is 1.90 bits per heavy atom. The van der Waals surface area contributed by atoms with Gasteiger partial charge in [0.1, 0.15) is 0 Å². The second-order valence-electron chi connectivity index (χ2n) is 7.56. The molecule has 9 heteroatoms. The van der Waals surface area contributed by atoms with E-state index in [0.717, 1.165) is 41.3 Å². The third kappa shape index (κ3) is 6.35. The molecule has 30 heavy (non-hydrogen) atoms. The van der Waals surface area contributed by atoms with Crippen LogP contribution in [0.25, 0.3) is 0 Å². The first-order valence-corrected chi connectivity index (χ1v) is 11.0. The summed E-state index contributed by atoms with van der Waals surface area (Å²) in [6.07, 6.45) is -1.50. The summed E-state index contributed by atoms with van der Waals surface area (Å²) in [5.74, 6) is 1.42. The Bertz CT molecular complexity index is 824. The van der Waals surface area contributed by atoms with E-state index in [9.17, 15) is 13.2 Å². The van der Waals surface area contributed by atoms with E-state index in [-0.39, 0.29) is 0 Å². The largest absolute Gasteiger partial charge is 0.434 e. The summed E-state index contributed by atoms with van der Waals surface area (Å²) in [7, 11) is 1.67. The molecule has 0 bridgehead atoms. The Balaban J connectivity index is 1.42. The van der Waals surface area contributed by atoms with Gasteiger partial charge in [-0.2, -0.15) is 13.2 Å². The van der Waals surface area contributed by atoms with E-state index < -0.39 is 11.9 Å². The summed E-state index contributed by atoms with van der Waals surface area (Å²) in [4.78, 5) is 10.2. The lowest BCUT2D eigenvalue weighted by Crippen LogP contribution is -2.37. The van der Waals surface area contributed by atoms with Crippen molar-refractivity contribution in [3.8, 4) is 0 Å². The summed E-state index contributed by atoms with van der Waals surface area (Å²) in [5.41, 5.74) is 1.57.